The van der Waals surface area contributed by atoms with Crippen LogP contribution in [0.5, 0.6) is 0 Å². The summed E-state index contributed by atoms with van der Waals surface area (Å²) in [6.45, 7) is -0.589. The highest BCUT2D eigenvalue weighted by Crippen LogP contribution is 2.43. The molecule has 72 valence electrons. The van der Waals surface area contributed by atoms with Crippen LogP contribution < -0.4 is 5.11 Å². The van der Waals surface area contributed by atoms with E-state index >= 15 is 0 Å². The molecule has 0 radical (unpaired) electrons. The van der Waals surface area contributed by atoms with Crippen LogP contribution in [-0.4, -0.2) is 0 Å². The highest BCUT2D eigenvalue weighted by Gasteiger charge is 2.16. The van der Waals surface area contributed by atoms with E-state index in [1.807, 2.05) is 0 Å². The first-order chi connectivity index (χ1) is 6.00. The SMILES string of the molecule is [O-]Cc1c(Cl)c(Cl)c(Cl)c(Cl)c1Cl. The van der Waals surface area contributed by atoms with Gasteiger partial charge in [-0.3, -0.25) is 0 Å². The molecule has 6 heteroatoms. The first kappa shape index (κ1) is 11.7. The van der Waals surface area contributed by atoms with Crippen LogP contribution in [0.4, 0.5) is 0 Å². The summed E-state index contributed by atoms with van der Waals surface area (Å²) in [7, 11) is 0. The molecule has 1 rings (SSSR count). The molecule has 13 heavy (non-hydrogen) atoms. The van der Waals surface area contributed by atoms with E-state index in [4.69, 9.17) is 58.0 Å². The van der Waals surface area contributed by atoms with Gasteiger partial charge in [-0.2, -0.15) is 0 Å². The molecular formula is C7H2Cl5O-. The number of benzene rings is 1. The van der Waals surface area contributed by atoms with Crippen molar-refractivity contribution in [2.75, 3.05) is 0 Å². The van der Waals surface area contributed by atoms with Crippen LogP contribution >= 0.6 is 58.0 Å². The molecule has 0 saturated heterocycles. The third-order valence-corrected chi connectivity index (χ3v) is 3.80. The van der Waals surface area contributed by atoms with Gasteiger partial charge in [-0.1, -0.05) is 58.0 Å². The van der Waals surface area contributed by atoms with Crippen LogP contribution in [0.2, 0.25) is 25.1 Å². The second-order valence-electron chi connectivity index (χ2n) is 2.19. The first-order valence-corrected chi connectivity index (χ1v) is 4.98. The maximum absolute atomic E-state index is 10.7. The second-order valence-corrected chi connectivity index (χ2v) is 4.08. The van der Waals surface area contributed by atoms with Crippen LogP contribution in [0.1, 0.15) is 5.56 Å². The Morgan fingerprint density at radius 3 is 1.31 bits per heavy atom. The van der Waals surface area contributed by atoms with E-state index in [0.29, 0.717) is 0 Å². The van der Waals surface area contributed by atoms with Crippen LogP contribution in [0.15, 0.2) is 0 Å². The van der Waals surface area contributed by atoms with E-state index in [9.17, 15) is 5.11 Å². The average molecular weight is 279 g/mol. The van der Waals surface area contributed by atoms with Crippen molar-refractivity contribution in [1.29, 1.82) is 0 Å². The molecule has 1 aromatic rings. The van der Waals surface area contributed by atoms with E-state index in [1.165, 1.54) is 0 Å². The summed E-state index contributed by atoms with van der Waals surface area (Å²) >= 11 is 28.5. The molecule has 0 spiro atoms. The van der Waals surface area contributed by atoms with Gasteiger partial charge in [0.15, 0.2) is 0 Å². The van der Waals surface area contributed by atoms with Crippen molar-refractivity contribution in [3.63, 3.8) is 0 Å². The molecule has 0 bridgehead atoms. The standard InChI is InChI=1S/C7H2Cl5O/c8-3-2(1-13)4(9)6(11)7(12)5(3)10/h1H2/q-1. The molecule has 0 unspecified atom stereocenters. The van der Waals surface area contributed by atoms with Crippen LogP contribution in [0, 0.1) is 0 Å². The van der Waals surface area contributed by atoms with E-state index < -0.39 is 6.61 Å². The molecule has 0 saturated carbocycles. The van der Waals surface area contributed by atoms with E-state index in [0.717, 1.165) is 0 Å². The van der Waals surface area contributed by atoms with E-state index in [2.05, 4.69) is 0 Å². The van der Waals surface area contributed by atoms with Crippen molar-refractivity contribution >= 4 is 58.0 Å². The zero-order chi connectivity index (χ0) is 10.2. The smallest absolute Gasteiger partial charge is 0.0809 e. The Labute approximate surface area is 100 Å². The maximum Gasteiger partial charge on any atom is 0.0809 e. The Morgan fingerprint density at radius 2 is 1.00 bits per heavy atom. The fourth-order valence-corrected chi connectivity index (χ4v) is 2.06. The molecule has 0 aliphatic heterocycles. The van der Waals surface area contributed by atoms with Gasteiger partial charge in [0, 0.05) is 0 Å². The van der Waals surface area contributed by atoms with Gasteiger partial charge in [0.05, 0.1) is 25.1 Å². The molecular weight excluding hydrogens is 277 g/mol. The zero-order valence-corrected chi connectivity index (χ0v) is 9.78. The summed E-state index contributed by atoms with van der Waals surface area (Å²) in [5.41, 5.74) is 0.169. The first-order valence-electron chi connectivity index (χ1n) is 3.09. The lowest BCUT2D eigenvalue weighted by molar-refractivity contribution is -0.386. The Morgan fingerprint density at radius 1 is 0.692 bits per heavy atom. The van der Waals surface area contributed by atoms with Gasteiger partial charge in [-0.05, 0) is 5.56 Å². The maximum atomic E-state index is 10.7. The molecule has 1 aromatic carbocycles. The fraction of sp³-hybridized carbons (Fsp3) is 0.143. The van der Waals surface area contributed by atoms with Crippen molar-refractivity contribution in [2.45, 2.75) is 6.61 Å². The molecule has 0 N–H and O–H groups in total. The minimum atomic E-state index is -0.589. The van der Waals surface area contributed by atoms with Crippen LogP contribution in [-0.2, 0) is 6.61 Å². The molecule has 0 aromatic heterocycles. The third kappa shape index (κ3) is 2.01. The monoisotopic (exact) mass is 277 g/mol. The number of hydrogen-bond donors (Lipinski definition) is 0. The Hall–Kier alpha value is 0.630. The van der Waals surface area contributed by atoms with Crippen LogP contribution in [0.3, 0.4) is 0 Å². The van der Waals surface area contributed by atoms with Gasteiger partial charge in [0.25, 0.3) is 0 Å². The minimum absolute atomic E-state index is 0.0589. The number of rotatable bonds is 1. The molecule has 0 atom stereocenters. The Kier molecular flexibility index (Phi) is 3.99. The zero-order valence-electron chi connectivity index (χ0n) is 6.01. The highest BCUT2D eigenvalue weighted by molar-refractivity contribution is 6.55. The predicted molar refractivity (Wildman–Crippen MR) is 55.2 cm³/mol. The highest BCUT2D eigenvalue weighted by atomic mass is 35.5. The van der Waals surface area contributed by atoms with Crippen LogP contribution in [0.25, 0.3) is 0 Å². The van der Waals surface area contributed by atoms with Gasteiger partial charge in [0.2, 0.25) is 0 Å². The quantitative estimate of drug-likeness (QED) is 0.566. The predicted octanol–water partition coefficient (Wildman–Crippen LogP) is 3.81. The summed E-state index contributed by atoms with van der Waals surface area (Å²) in [6, 6.07) is 0. The van der Waals surface area contributed by atoms with Crippen molar-refractivity contribution in [3.8, 4) is 0 Å². The van der Waals surface area contributed by atoms with Crippen molar-refractivity contribution in [2.24, 2.45) is 0 Å². The largest absolute Gasteiger partial charge is 0.851 e. The summed E-state index contributed by atoms with van der Waals surface area (Å²) in [5.74, 6) is 0. The van der Waals surface area contributed by atoms with Gasteiger partial charge in [0.1, 0.15) is 0 Å². The van der Waals surface area contributed by atoms with E-state index in [1.54, 1.807) is 0 Å². The summed E-state index contributed by atoms with van der Waals surface area (Å²) < 4.78 is 0. The lowest BCUT2D eigenvalue weighted by Gasteiger charge is -2.13. The second kappa shape index (κ2) is 4.43. The Bertz CT molecular complexity index is 320. The molecule has 0 fully saturated rings. The van der Waals surface area contributed by atoms with Crippen molar-refractivity contribution in [1.82, 2.24) is 0 Å². The molecule has 0 aliphatic carbocycles. The normalized spacial score (nSPS) is 10.6. The summed E-state index contributed by atoms with van der Waals surface area (Å²) in [5, 5.41) is 11.0. The lowest BCUT2D eigenvalue weighted by atomic mass is 10.2. The van der Waals surface area contributed by atoms with Crippen molar-refractivity contribution in [3.05, 3.63) is 30.7 Å². The van der Waals surface area contributed by atoms with Crippen molar-refractivity contribution < 1.29 is 5.11 Å². The van der Waals surface area contributed by atoms with Gasteiger partial charge >= 0.3 is 0 Å². The summed E-state index contributed by atoms with van der Waals surface area (Å²) in [6.07, 6.45) is 0. The molecule has 0 heterocycles. The number of halogens is 5. The lowest BCUT2D eigenvalue weighted by Crippen LogP contribution is -2.04. The fourth-order valence-electron chi connectivity index (χ4n) is 0.777. The van der Waals surface area contributed by atoms with Gasteiger partial charge < -0.3 is 5.11 Å². The van der Waals surface area contributed by atoms with E-state index in [-0.39, 0.29) is 30.7 Å². The summed E-state index contributed by atoms with van der Waals surface area (Å²) in [4.78, 5) is 0. The van der Waals surface area contributed by atoms with Gasteiger partial charge in [-0.25, -0.2) is 0 Å². The Balaban J connectivity index is 3.56. The average Bonchev–Trinajstić information content (AvgIpc) is 2.13. The molecule has 0 amide bonds. The van der Waals surface area contributed by atoms with Gasteiger partial charge in [-0.15, -0.1) is 6.61 Å². The molecule has 1 nitrogen and oxygen atoms in total. The number of hydrogen-bond acceptors (Lipinski definition) is 1. The minimum Gasteiger partial charge on any atom is -0.851 e. The third-order valence-electron chi connectivity index (χ3n) is 1.45. The molecule has 0 aliphatic rings. The topological polar surface area (TPSA) is 23.1 Å².